The number of nitrogens with one attached hydrogen (secondary N) is 1. The number of nitrogens with zero attached hydrogens (tertiary/aromatic N) is 3. The third-order valence-electron chi connectivity index (χ3n) is 7.36. The first-order chi connectivity index (χ1) is 19.2. The molecule has 218 valence electrons. The minimum absolute atomic E-state index is 0.126. The van der Waals surface area contributed by atoms with E-state index in [1.807, 2.05) is 20.2 Å². The second-order valence-corrected chi connectivity index (χ2v) is 12.3. The van der Waals surface area contributed by atoms with Crippen LogP contribution in [0, 0.1) is 5.92 Å². The maximum Gasteiger partial charge on any atom is 0.305 e. The van der Waals surface area contributed by atoms with Crippen molar-refractivity contribution in [1.82, 2.24) is 18.8 Å². The SMILES string of the molecule is CCCOc1ccc(S(=O)(=O)N2CCC(CCC(=O)OCC)CC2)cc1-c1nc2c(CCC)cn(C)c2c(=O)[nH]1. The predicted octanol–water partition coefficient (Wildman–Crippen LogP) is 4.41. The van der Waals surface area contributed by atoms with Crippen molar-refractivity contribution in [2.45, 2.75) is 70.6 Å². The van der Waals surface area contributed by atoms with Crippen LogP contribution in [0.2, 0.25) is 0 Å². The third kappa shape index (κ3) is 6.41. The van der Waals surface area contributed by atoms with Crippen LogP contribution < -0.4 is 10.3 Å². The van der Waals surface area contributed by atoms with Crippen LogP contribution in [-0.2, 0) is 33.0 Å². The molecule has 10 nitrogen and oxygen atoms in total. The van der Waals surface area contributed by atoms with Crippen LogP contribution in [0.1, 0.15) is 64.9 Å². The first kappa shape index (κ1) is 29.8. The second kappa shape index (κ2) is 13.0. The van der Waals surface area contributed by atoms with Crippen molar-refractivity contribution in [3.05, 3.63) is 40.3 Å². The van der Waals surface area contributed by atoms with E-state index in [1.54, 1.807) is 29.7 Å². The fourth-order valence-corrected chi connectivity index (χ4v) is 6.79. The summed E-state index contributed by atoms with van der Waals surface area (Å²) >= 11 is 0. The summed E-state index contributed by atoms with van der Waals surface area (Å²) in [6, 6.07) is 4.75. The van der Waals surface area contributed by atoms with Gasteiger partial charge in [-0.3, -0.25) is 9.59 Å². The van der Waals surface area contributed by atoms with Gasteiger partial charge in [-0.1, -0.05) is 20.3 Å². The highest BCUT2D eigenvalue weighted by Crippen LogP contribution is 2.34. The van der Waals surface area contributed by atoms with Gasteiger partial charge in [-0.2, -0.15) is 4.31 Å². The zero-order valence-electron chi connectivity index (χ0n) is 23.9. The van der Waals surface area contributed by atoms with Crippen LogP contribution in [-0.4, -0.2) is 59.5 Å². The van der Waals surface area contributed by atoms with E-state index < -0.39 is 10.0 Å². The van der Waals surface area contributed by atoms with Crippen molar-refractivity contribution < 1.29 is 22.7 Å². The van der Waals surface area contributed by atoms with Crippen molar-refractivity contribution in [2.24, 2.45) is 13.0 Å². The fourth-order valence-electron chi connectivity index (χ4n) is 5.29. The lowest BCUT2D eigenvalue weighted by molar-refractivity contribution is -0.143. The number of hydrogen-bond acceptors (Lipinski definition) is 7. The van der Waals surface area contributed by atoms with E-state index in [2.05, 4.69) is 11.9 Å². The molecular weight excluding hydrogens is 532 g/mol. The van der Waals surface area contributed by atoms with Crippen molar-refractivity contribution in [1.29, 1.82) is 0 Å². The summed E-state index contributed by atoms with van der Waals surface area (Å²) in [6.07, 6.45) is 6.79. The second-order valence-electron chi connectivity index (χ2n) is 10.3. The number of hydrogen-bond donors (Lipinski definition) is 1. The van der Waals surface area contributed by atoms with Crippen molar-refractivity contribution in [3.63, 3.8) is 0 Å². The molecule has 0 atom stereocenters. The summed E-state index contributed by atoms with van der Waals surface area (Å²) in [6.45, 7) is 7.41. The number of fused-ring (bicyclic) bond motifs is 1. The molecule has 0 spiro atoms. The number of carbonyl (C=O) groups excluding carboxylic acids is 1. The van der Waals surface area contributed by atoms with Gasteiger partial charge in [-0.15, -0.1) is 0 Å². The molecule has 1 fully saturated rings. The van der Waals surface area contributed by atoms with Gasteiger partial charge in [0.05, 0.1) is 29.2 Å². The van der Waals surface area contributed by atoms with E-state index in [0.717, 1.165) is 24.8 Å². The molecular formula is C29H40N4O6S. The molecule has 0 unspecified atom stereocenters. The minimum atomic E-state index is -3.80. The lowest BCUT2D eigenvalue weighted by Gasteiger charge is -2.31. The average Bonchev–Trinajstić information content (AvgIpc) is 3.26. The molecule has 1 saturated heterocycles. The zero-order chi connectivity index (χ0) is 28.9. The number of ether oxygens (including phenoxy) is 2. The maximum atomic E-state index is 13.7. The molecule has 1 aliphatic rings. The molecule has 0 bridgehead atoms. The minimum Gasteiger partial charge on any atom is -0.493 e. The smallest absolute Gasteiger partial charge is 0.305 e. The van der Waals surface area contributed by atoms with Gasteiger partial charge in [-0.25, -0.2) is 13.4 Å². The maximum absolute atomic E-state index is 13.7. The van der Waals surface area contributed by atoms with Gasteiger partial charge >= 0.3 is 5.97 Å². The molecule has 2 aromatic heterocycles. The van der Waals surface area contributed by atoms with E-state index in [4.69, 9.17) is 14.5 Å². The predicted molar refractivity (Wildman–Crippen MR) is 154 cm³/mol. The Morgan fingerprint density at radius 2 is 1.90 bits per heavy atom. The number of aromatic amines is 1. The van der Waals surface area contributed by atoms with Gasteiger partial charge in [-0.05, 0) is 68.7 Å². The monoisotopic (exact) mass is 572 g/mol. The first-order valence-electron chi connectivity index (χ1n) is 14.2. The number of esters is 1. The Morgan fingerprint density at radius 3 is 2.58 bits per heavy atom. The average molecular weight is 573 g/mol. The molecule has 1 N–H and O–H groups in total. The van der Waals surface area contributed by atoms with Crippen LogP contribution >= 0.6 is 0 Å². The standard InChI is InChI=1S/C29H40N4O6S/c1-5-8-21-19-32(4)27-26(21)30-28(31-29(27)35)23-18-22(10-11-24(23)39-17-6-2)40(36,37)33-15-13-20(14-16-33)9-12-25(34)38-7-3/h10-11,18-20H,5-9,12-17H2,1-4H3,(H,30,31,35). The number of sulfonamides is 1. The van der Waals surface area contributed by atoms with E-state index in [-0.39, 0.29) is 28.2 Å². The van der Waals surface area contributed by atoms with Gasteiger partial charge in [0.15, 0.2) is 0 Å². The van der Waals surface area contributed by atoms with Gasteiger partial charge in [0.1, 0.15) is 17.1 Å². The number of aryl methyl sites for hydroxylation is 2. The highest BCUT2D eigenvalue weighted by atomic mass is 32.2. The number of carbonyl (C=O) groups is 1. The van der Waals surface area contributed by atoms with E-state index in [9.17, 15) is 18.0 Å². The lowest BCUT2D eigenvalue weighted by atomic mass is 9.93. The highest BCUT2D eigenvalue weighted by molar-refractivity contribution is 7.89. The molecule has 0 radical (unpaired) electrons. The van der Waals surface area contributed by atoms with Crippen molar-refractivity contribution in [2.75, 3.05) is 26.3 Å². The molecule has 3 aromatic rings. The lowest BCUT2D eigenvalue weighted by Crippen LogP contribution is -2.38. The van der Waals surface area contributed by atoms with Crippen LogP contribution in [0.4, 0.5) is 0 Å². The first-order valence-corrected chi connectivity index (χ1v) is 15.6. The molecule has 0 amide bonds. The quantitative estimate of drug-likeness (QED) is 0.319. The fraction of sp³-hybridized carbons (Fsp3) is 0.552. The summed E-state index contributed by atoms with van der Waals surface area (Å²) < 4.78 is 41.6. The topological polar surface area (TPSA) is 124 Å². The molecule has 4 rings (SSSR count). The van der Waals surface area contributed by atoms with Crippen LogP contribution in [0.15, 0.2) is 34.1 Å². The summed E-state index contributed by atoms with van der Waals surface area (Å²) in [7, 11) is -1.98. The molecule has 0 aliphatic carbocycles. The van der Waals surface area contributed by atoms with E-state index in [0.29, 0.717) is 74.3 Å². The van der Waals surface area contributed by atoms with Gasteiger partial charge < -0.3 is 19.0 Å². The number of aromatic nitrogens is 3. The summed E-state index contributed by atoms with van der Waals surface area (Å²) in [5.41, 5.74) is 2.21. The third-order valence-corrected chi connectivity index (χ3v) is 9.26. The van der Waals surface area contributed by atoms with E-state index in [1.165, 1.54) is 4.31 Å². The Hall–Kier alpha value is -3.18. The van der Waals surface area contributed by atoms with E-state index >= 15 is 0 Å². The molecule has 40 heavy (non-hydrogen) atoms. The van der Waals surface area contributed by atoms with Crippen LogP contribution in [0.3, 0.4) is 0 Å². The number of rotatable bonds is 12. The summed E-state index contributed by atoms with van der Waals surface area (Å²) in [4.78, 5) is 32.6. The summed E-state index contributed by atoms with van der Waals surface area (Å²) in [5.74, 6) is 0.814. The molecule has 3 heterocycles. The Kier molecular flexibility index (Phi) is 9.68. The number of piperidine rings is 1. The number of H-pyrrole nitrogens is 1. The van der Waals surface area contributed by atoms with Crippen LogP contribution in [0.5, 0.6) is 5.75 Å². The van der Waals surface area contributed by atoms with Gasteiger partial charge in [0, 0.05) is 32.8 Å². The van der Waals surface area contributed by atoms with Crippen LogP contribution in [0.25, 0.3) is 22.4 Å². The Morgan fingerprint density at radius 1 is 1.15 bits per heavy atom. The van der Waals surface area contributed by atoms with Gasteiger partial charge in [0.25, 0.3) is 5.56 Å². The molecule has 0 saturated carbocycles. The normalized spacial score (nSPS) is 15.0. The molecule has 11 heteroatoms. The zero-order valence-corrected chi connectivity index (χ0v) is 24.7. The van der Waals surface area contributed by atoms with Crippen molar-refractivity contribution >= 4 is 27.0 Å². The Bertz CT molecular complexity index is 1500. The Balaban J connectivity index is 1.64. The van der Waals surface area contributed by atoms with Crippen molar-refractivity contribution in [3.8, 4) is 17.1 Å². The largest absolute Gasteiger partial charge is 0.493 e. The highest BCUT2D eigenvalue weighted by Gasteiger charge is 2.30. The molecule has 1 aliphatic heterocycles. The molecule has 1 aromatic carbocycles. The summed E-state index contributed by atoms with van der Waals surface area (Å²) in [5, 5.41) is 0. The Labute approximate surface area is 235 Å². The van der Waals surface area contributed by atoms with Gasteiger partial charge in [0.2, 0.25) is 10.0 Å². The number of benzene rings is 1.